The first kappa shape index (κ1) is 20.5. The van der Waals surface area contributed by atoms with Crippen LogP contribution < -0.4 is 0 Å². The van der Waals surface area contributed by atoms with Crippen LogP contribution in [0, 0.1) is 52.3 Å². The molecule has 1 spiro atoms. The molecule has 2 unspecified atom stereocenters. The SMILES string of the molecule is C[C@H]1CC[C@@]2(OC1)O[C@H]1CC3[C@H]4CC[C@H]5C[C@@H](O)CC[C@]5(C)[C@@H]4CC[C@@]3(C)C1[C@@H]2C. The first-order valence-electron chi connectivity index (χ1n) is 13.3. The van der Waals surface area contributed by atoms with Crippen LogP contribution in [-0.4, -0.2) is 29.7 Å². The van der Waals surface area contributed by atoms with Crippen LogP contribution in [0.3, 0.4) is 0 Å². The number of hydrogen-bond donors (Lipinski definition) is 1. The third-order valence-corrected chi connectivity index (χ3v) is 11.9. The molecule has 0 radical (unpaired) electrons. The molecule has 6 rings (SSSR count). The monoisotopic (exact) mass is 416 g/mol. The highest BCUT2D eigenvalue weighted by molar-refractivity contribution is 5.15. The van der Waals surface area contributed by atoms with E-state index >= 15 is 0 Å². The number of hydrogen-bond acceptors (Lipinski definition) is 3. The molecule has 2 heterocycles. The van der Waals surface area contributed by atoms with Crippen molar-refractivity contribution in [3.8, 4) is 0 Å². The fourth-order valence-corrected chi connectivity index (χ4v) is 10.3. The molecule has 2 aliphatic heterocycles. The summed E-state index contributed by atoms with van der Waals surface area (Å²) in [6.07, 6.45) is 12.9. The summed E-state index contributed by atoms with van der Waals surface area (Å²) in [5.41, 5.74) is 0.899. The first-order chi connectivity index (χ1) is 14.3. The molecule has 4 aliphatic carbocycles. The van der Waals surface area contributed by atoms with Gasteiger partial charge in [0.25, 0.3) is 0 Å². The van der Waals surface area contributed by atoms with Gasteiger partial charge in [0.2, 0.25) is 0 Å². The molecule has 0 aromatic rings. The van der Waals surface area contributed by atoms with Crippen LogP contribution in [0.2, 0.25) is 0 Å². The molecule has 2 saturated heterocycles. The molecule has 0 aromatic carbocycles. The molecule has 4 saturated carbocycles. The van der Waals surface area contributed by atoms with E-state index < -0.39 is 0 Å². The van der Waals surface area contributed by atoms with Gasteiger partial charge in [0.1, 0.15) is 0 Å². The molecule has 0 aromatic heterocycles. The van der Waals surface area contributed by atoms with Crippen molar-refractivity contribution in [3.05, 3.63) is 0 Å². The second kappa shape index (κ2) is 6.70. The quantitative estimate of drug-likeness (QED) is 0.543. The van der Waals surface area contributed by atoms with E-state index in [-0.39, 0.29) is 11.9 Å². The Morgan fingerprint density at radius 2 is 1.63 bits per heavy atom. The van der Waals surface area contributed by atoms with Crippen molar-refractivity contribution in [1.82, 2.24) is 0 Å². The maximum Gasteiger partial charge on any atom is 0.171 e. The topological polar surface area (TPSA) is 38.7 Å². The minimum absolute atomic E-state index is 0.0389. The number of aliphatic hydroxyl groups is 1. The van der Waals surface area contributed by atoms with E-state index in [2.05, 4.69) is 27.7 Å². The fourth-order valence-electron chi connectivity index (χ4n) is 10.3. The Morgan fingerprint density at radius 3 is 2.40 bits per heavy atom. The third-order valence-electron chi connectivity index (χ3n) is 11.9. The molecular weight excluding hydrogens is 372 g/mol. The zero-order chi connectivity index (χ0) is 20.9. The summed E-state index contributed by atoms with van der Waals surface area (Å²) in [6, 6.07) is 0. The van der Waals surface area contributed by atoms with Crippen LogP contribution >= 0.6 is 0 Å². The molecule has 12 atom stereocenters. The van der Waals surface area contributed by atoms with Crippen molar-refractivity contribution in [2.24, 2.45) is 52.3 Å². The van der Waals surface area contributed by atoms with Crippen LogP contribution in [0.25, 0.3) is 0 Å². The standard InChI is InChI=1S/C27H44O3/c1-16-7-12-27(29-15-16)17(2)24-23(30-27)14-22-20-6-5-18-13-19(28)8-10-25(18,3)21(20)9-11-26(22,24)4/h16-24,28H,5-15H2,1-4H3/t16-,17-,18-,19-,20-,21+,22?,23-,24?,25-,26+,27+/m0/s1. The predicted molar refractivity (Wildman–Crippen MR) is 118 cm³/mol. The van der Waals surface area contributed by atoms with Gasteiger partial charge >= 0.3 is 0 Å². The second-order valence-electron chi connectivity index (χ2n) is 13.1. The largest absolute Gasteiger partial charge is 0.393 e. The molecule has 30 heavy (non-hydrogen) atoms. The van der Waals surface area contributed by atoms with Gasteiger partial charge in [-0.1, -0.05) is 27.7 Å². The summed E-state index contributed by atoms with van der Waals surface area (Å²) in [6.45, 7) is 10.9. The lowest BCUT2D eigenvalue weighted by Gasteiger charge is -2.61. The minimum Gasteiger partial charge on any atom is -0.393 e. The Morgan fingerprint density at radius 1 is 0.833 bits per heavy atom. The lowest BCUT2D eigenvalue weighted by atomic mass is 9.44. The van der Waals surface area contributed by atoms with Crippen LogP contribution in [0.5, 0.6) is 0 Å². The molecule has 170 valence electrons. The van der Waals surface area contributed by atoms with E-state index in [0.717, 1.165) is 49.5 Å². The van der Waals surface area contributed by atoms with Crippen molar-refractivity contribution in [3.63, 3.8) is 0 Å². The lowest BCUT2D eigenvalue weighted by molar-refractivity contribution is -0.273. The highest BCUT2D eigenvalue weighted by atomic mass is 16.7. The smallest absolute Gasteiger partial charge is 0.171 e. The van der Waals surface area contributed by atoms with Gasteiger partial charge in [0.15, 0.2) is 5.79 Å². The molecule has 3 heteroatoms. The van der Waals surface area contributed by atoms with Crippen LogP contribution in [-0.2, 0) is 9.47 Å². The second-order valence-corrected chi connectivity index (χ2v) is 13.1. The Hall–Kier alpha value is -0.120. The number of ether oxygens (including phenoxy) is 2. The summed E-state index contributed by atoms with van der Waals surface area (Å²) in [5, 5.41) is 10.3. The van der Waals surface area contributed by atoms with Crippen molar-refractivity contribution in [2.75, 3.05) is 6.61 Å². The van der Waals surface area contributed by atoms with E-state index in [1.165, 1.54) is 44.9 Å². The predicted octanol–water partition coefficient (Wildman–Crippen LogP) is 5.79. The van der Waals surface area contributed by atoms with Gasteiger partial charge in [-0.05, 0) is 104 Å². The summed E-state index contributed by atoms with van der Waals surface area (Å²) in [5.74, 6) is 4.93. The van der Waals surface area contributed by atoms with Gasteiger partial charge in [-0.15, -0.1) is 0 Å². The first-order valence-corrected chi connectivity index (χ1v) is 13.3. The van der Waals surface area contributed by atoms with Crippen LogP contribution in [0.15, 0.2) is 0 Å². The van der Waals surface area contributed by atoms with Crippen molar-refractivity contribution in [2.45, 2.75) is 110 Å². The van der Waals surface area contributed by atoms with Gasteiger partial charge in [-0.25, -0.2) is 0 Å². The highest BCUT2D eigenvalue weighted by Crippen LogP contribution is 2.71. The highest BCUT2D eigenvalue weighted by Gasteiger charge is 2.69. The summed E-state index contributed by atoms with van der Waals surface area (Å²) < 4.78 is 13.4. The molecule has 6 fully saturated rings. The van der Waals surface area contributed by atoms with E-state index in [4.69, 9.17) is 9.47 Å². The van der Waals surface area contributed by atoms with E-state index in [0.29, 0.717) is 34.7 Å². The average molecular weight is 417 g/mol. The maximum absolute atomic E-state index is 10.3. The van der Waals surface area contributed by atoms with Crippen LogP contribution in [0.4, 0.5) is 0 Å². The van der Waals surface area contributed by atoms with E-state index in [1.807, 2.05) is 0 Å². The molecule has 0 bridgehead atoms. The Balaban J connectivity index is 1.26. The Bertz CT molecular complexity index is 684. The van der Waals surface area contributed by atoms with Gasteiger partial charge in [0.05, 0.1) is 18.8 Å². The normalized spacial score (nSPS) is 62.5. The van der Waals surface area contributed by atoms with Gasteiger partial charge in [0, 0.05) is 12.3 Å². The van der Waals surface area contributed by atoms with Crippen molar-refractivity contribution in [1.29, 1.82) is 0 Å². The molecule has 1 N–H and O–H groups in total. The third kappa shape index (κ3) is 2.61. The van der Waals surface area contributed by atoms with Crippen LogP contribution in [0.1, 0.15) is 91.9 Å². The maximum atomic E-state index is 10.3. The average Bonchev–Trinajstić information content (AvgIpc) is 3.16. The zero-order valence-electron chi connectivity index (χ0n) is 19.7. The molecule has 6 aliphatic rings. The van der Waals surface area contributed by atoms with Gasteiger partial charge < -0.3 is 14.6 Å². The molecule has 3 nitrogen and oxygen atoms in total. The fraction of sp³-hybridized carbons (Fsp3) is 1.00. The number of rotatable bonds is 0. The van der Waals surface area contributed by atoms with Gasteiger partial charge in [-0.3, -0.25) is 0 Å². The van der Waals surface area contributed by atoms with Gasteiger partial charge in [-0.2, -0.15) is 0 Å². The van der Waals surface area contributed by atoms with E-state index in [1.54, 1.807) is 0 Å². The summed E-state index contributed by atoms with van der Waals surface area (Å²) >= 11 is 0. The summed E-state index contributed by atoms with van der Waals surface area (Å²) in [7, 11) is 0. The number of fused-ring (bicyclic) bond motifs is 7. The molecule has 0 amide bonds. The lowest BCUT2D eigenvalue weighted by Crippen LogP contribution is -2.55. The number of aliphatic hydroxyl groups excluding tert-OH is 1. The minimum atomic E-state index is -0.282. The Labute approximate surface area is 183 Å². The van der Waals surface area contributed by atoms with E-state index in [9.17, 15) is 5.11 Å². The Kier molecular flexibility index (Phi) is 4.58. The van der Waals surface area contributed by atoms with Crippen molar-refractivity contribution >= 4 is 0 Å². The van der Waals surface area contributed by atoms with Crippen molar-refractivity contribution < 1.29 is 14.6 Å². The zero-order valence-corrected chi connectivity index (χ0v) is 19.7. The summed E-state index contributed by atoms with van der Waals surface area (Å²) in [4.78, 5) is 0. The molecular formula is C27H44O3.